The molecule has 1 aromatic carbocycles. The highest BCUT2D eigenvalue weighted by Gasteiger charge is 2.17. The smallest absolute Gasteiger partial charge is 0.286 e. The van der Waals surface area contributed by atoms with E-state index in [0.29, 0.717) is 10.6 Å². The molecule has 8 heteroatoms. The van der Waals surface area contributed by atoms with Gasteiger partial charge in [0.05, 0.1) is 17.7 Å². The molecule has 0 bridgehead atoms. The molecule has 2 aromatic rings. The molecule has 0 aliphatic carbocycles. The first-order chi connectivity index (χ1) is 9.88. The molecule has 1 amide bonds. The number of pyridine rings is 1. The number of nitrogens with two attached hydrogens (primary N) is 1. The molecule has 0 atom stereocenters. The number of rotatable bonds is 4. The topological polar surface area (TPSA) is 108 Å². The summed E-state index contributed by atoms with van der Waals surface area (Å²) in [5.41, 5.74) is 4.25. The second kappa shape index (κ2) is 5.76. The number of aromatic nitrogens is 1. The lowest BCUT2D eigenvalue weighted by Crippen LogP contribution is -2.30. The van der Waals surface area contributed by atoms with Gasteiger partial charge in [-0.2, -0.15) is 0 Å². The van der Waals surface area contributed by atoms with Crippen LogP contribution in [-0.4, -0.2) is 15.4 Å². The molecule has 0 fully saturated rings. The molecule has 21 heavy (non-hydrogen) atoms. The van der Waals surface area contributed by atoms with Crippen molar-refractivity contribution in [2.45, 2.75) is 6.54 Å². The number of amides is 1. The van der Waals surface area contributed by atoms with Crippen molar-refractivity contribution in [1.82, 2.24) is 4.57 Å². The third-order valence-corrected chi connectivity index (χ3v) is 3.02. The Morgan fingerprint density at radius 1 is 1.38 bits per heavy atom. The third-order valence-electron chi connectivity index (χ3n) is 2.79. The zero-order valence-electron chi connectivity index (χ0n) is 10.7. The van der Waals surface area contributed by atoms with Crippen molar-refractivity contribution in [2.75, 3.05) is 0 Å². The average molecular weight is 308 g/mol. The van der Waals surface area contributed by atoms with Crippen molar-refractivity contribution in [2.24, 2.45) is 5.73 Å². The van der Waals surface area contributed by atoms with Crippen LogP contribution in [-0.2, 0) is 6.54 Å². The SMILES string of the molecule is NC(=O)c1cc([N+](=O)[O-])cn(Cc2cccc(Cl)c2)c1=O. The van der Waals surface area contributed by atoms with Gasteiger partial charge < -0.3 is 10.3 Å². The Bertz CT molecular complexity index is 785. The molecule has 0 radical (unpaired) electrons. The van der Waals surface area contributed by atoms with E-state index in [1.807, 2.05) is 0 Å². The first-order valence-electron chi connectivity index (χ1n) is 5.81. The summed E-state index contributed by atoms with van der Waals surface area (Å²) in [6, 6.07) is 7.56. The third kappa shape index (κ3) is 3.26. The van der Waals surface area contributed by atoms with Gasteiger partial charge in [-0.3, -0.25) is 19.7 Å². The maximum atomic E-state index is 12.1. The maximum Gasteiger partial charge on any atom is 0.286 e. The lowest BCUT2D eigenvalue weighted by molar-refractivity contribution is -0.385. The fraction of sp³-hybridized carbons (Fsp3) is 0.0769. The van der Waals surface area contributed by atoms with Crippen LogP contribution in [0.5, 0.6) is 0 Å². The molecular weight excluding hydrogens is 298 g/mol. The lowest BCUT2D eigenvalue weighted by atomic mass is 10.2. The quantitative estimate of drug-likeness (QED) is 0.682. The largest absolute Gasteiger partial charge is 0.365 e. The van der Waals surface area contributed by atoms with Crippen molar-refractivity contribution in [3.05, 3.63) is 73.1 Å². The van der Waals surface area contributed by atoms with E-state index >= 15 is 0 Å². The predicted molar refractivity (Wildman–Crippen MR) is 76.4 cm³/mol. The van der Waals surface area contributed by atoms with Gasteiger partial charge in [0.1, 0.15) is 5.56 Å². The minimum Gasteiger partial charge on any atom is -0.365 e. The van der Waals surface area contributed by atoms with Crippen LogP contribution < -0.4 is 11.3 Å². The van der Waals surface area contributed by atoms with Crippen LogP contribution >= 0.6 is 11.6 Å². The van der Waals surface area contributed by atoms with Gasteiger partial charge in [-0.25, -0.2) is 0 Å². The predicted octanol–water partition coefficient (Wildman–Crippen LogP) is 1.56. The summed E-state index contributed by atoms with van der Waals surface area (Å²) in [5, 5.41) is 11.3. The second-order valence-electron chi connectivity index (χ2n) is 4.30. The number of hydrogen-bond acceptors (Lipinski definition) is 4. The molecule has 0 saturated carbocycles. The highest BCUT2D eigenvalue weighted by molar-refractivity contribution is 6.30. The number of hydrogen-bond donors (Lipinski definition) is 1. The van der Waals surface area contributed by atoms with Gasteiger partial charge in [0.15, 0.2) is 0 Å². The molecule has 7 nitrogen and oxygen atoms in total. The van der Waals surface area contributed by atoms with Crippen LogP contribution in [0.4, 0.5) is 5.69 Å². The van der Waals surface area contributed by atoms with E-state index in [9.17, 15) is 19.7 Å². The van der Waals surface area contributed by atoms with Gasteiger partial charge in [0, 0.05) is 11.1 Å². The monoisotopic (exact) mass is 307 g/mol. The molecule has 0 unspecified atom stereocenters. The number of carbonyl (C=O) groups excluding carboxylic acids is 1. The number of nitro groups is 1. The Balaban J connectivity index is 2.54. The van der Waals surface area contributed by atoms with Crippen LogP contribution in [0, 0.1) is 10.1 Å². The molecule has 0 aliphatic heterocycles. The number of halogens is 1. The molecular formula is C13H10ClN3O4. The Hall–Kier alpha value is -2.67. The number of benzene rings is 1. The van der Waals surface area contributed by atoms with Crippen molar-refractivity contribution < 1.29 is 9.72 Å². The van der Waals surface area contributed by atoms with Crippen LogP contribution in [0.15, 0.2) is 41.3 Å². The lowest BCUT2D eigenvalue weighted by Gasteiger charge is -2.07. The molecule has 2 rings (SSSR count). The zero-order chi connectivity index (χ0) is 15.6. The Morgan fingerprint density at radius 3 is 2.67 bits per heavy atom. The van der Waals surface area contributed by atoms with E-state index in [1.54, 1.807) is 24.3 Å². The van der Waals surface area contributed by atoms with E-state index in [4.69, 9.17) is 17.3 Å². The molecule has 1 aromatic heterocycles. The average Bonchev–Trinajstić information content (AvgIpc) is 2.40. The molecule has 2 N–H and O–H groups in total. The Morgan fingerprint density at radius 2 is 2.10 bits per heavy atom. The van der Waals surface area contributed by atoms with Gasteiger partial charge in [0.25, 0.3) is 17.2 Å². The normalized spacial score (nSPS) is 10.3. The van der Waals surface area contributed by atoms with Crippen molar-refractivity contribution in [1.29, 1.82) is 0 Å². The van der Waals surface area contributed by atoms with E-state index in [0.717, 1.165) is 16.8 Å². The molecule has 108 valence electrons. The summed E-state index contributed by atoms with van der Waals surface area (Å²) in [4.78, 5) is 33.5. The van der Waals surface area contributed by atoms with Crippen LogP contribution in [0.2, 0.25) is 5.02 Å². The highest BCUT2D eigenvalue weighted by atomic mass is 35.5. The van der Waals surface area contributed by atoms with Crippen LogP contribution in [0.25, 0.3) is 0 Å². The maximum absolute atomic E-state index is 12.1. The fourth-order valence-corrected chi connectivity index (χ4v) is 2.06. The van der Waals surface area contributed by atoms with E-state index in [-0.39, 0.29) is 12.2 Å². The van der Waals surface area contributed by atoms with Gasteiger partial charge >= 0.3 is 0 Å². The summed E-state index contributed by atoms with van der Waals surface area (Å²) in [6.45, 7) is 0.0430. The number of nitrogens with zero attached hydrogens (tertiary/aromatic N) is 2. The second-order valence-corrected chi connectivity index (χ2v) is 4.73. The van der Waals surface area contributed by atoms with Crippen LogP contribution in [0.1, 0.15) is 15.9 Å². The van der Waals surface area contributed by atoms with Crippen molar-refractivity contribution in [3.8, 4) is 0 Å². The van der Waals surface area contributed by atoms with E-state index in [2.05, 4.69) is 0 Å². The Labute approximate surface area is 123 Å². The van der Waals surface area contributed by atoms with Gasteiger partial charge in [-0.15, -0.1) is 0 Å². The number of primary amides is 1. The summed E-state index contributed by atoms with van der Waals surface area (Å²) in [5.74, 6) is -1.01. The van der Waals surface area contributed by atoms with Gasteiger partial charge in [-0.05, 0) is 17.7 Å². The Kier molecular flexibility index (Phi) is 4.04. The minimum absolute atomic E-state index is 0.0430. The molecule has 0 aliphatic rings. The van der Waals surface area contributed by atoms with Gasteiger partial charge in [0.2, 0.25) is 0 Å². The summed E-state index contributed by atoms with van der Waals surface area (Å²) < 4.78 is 1.06. The van der Waals surface area contributed by atoms with Crippen molar-refractivity contribution >= 4 is 23.2 Å². The fourth-order valence-electron chi connectivity index (χ4n) is 1.85. The molecule has 0 saturated heterocycles. The van der Waals surface area contributed by atoms with Crippen molar-refractivity contribution in [3.63, 3.8) is 0 Å². The zero-order valence-corrected chi connectivity index (χ0v) is 11.4. The number of carbonyl (C=O) groups is 1. The highest BCUT2D eigenvalue weighted by Crippen LogP contribution is 2.14. The summed E-state index contributed by atoms with van der Waals surface area (Å²) in [7, 11) is 0. The van der Waals surface area contributed by atoms with E-state index < -0.39 is 22.0 Å². The minimum atomic E-state index is -1.01. The molecule has 1 heterocycles. The first-order valence-corrected chi connectivity index (χ1v) is 6.19. The standard InChI is InChI=1S/C13H10ClN3O4/c14-9-3-1-2-8(4-9)6-16-7-10(17(20)21)5-11(12(15)18)13(16)19/h1-5,7H,6H2,(H2,15,18). The molecule has 0 spiro atoms. The van der Waals surface area contributed by atoms with E-state index in [1.165, 1.54) is 0 Å². The summed E-state index contributed by atoms with van der Waals surface area (Å²) in [6.07, 6.45) is 1.07. The van der Waals surface area contributed by atoms with Crippen LogP contribution in [0.3, 0.4) is 0 Å². The first kappa shape index (κ1) is 14.7. The summed E-state index contributed by atoms with van der Waals surface area (Å²) >= 11 is 5.84. The van der Waals surface area contributed by atoms with Gasteiger partial charge in [-0.1, -0.05) is 23.7 Å².